The second-order valence-corrected chi connectivity index (χ2v) is 8.42. The van der Waals surface area contributed by atoms with E-state index in [-0.39, 0.29) is 17.9 Å². The molecule has 1 aliphatic heterocycles. The number of carbonyl (C=O) groups is 1. The molecule has 1 fully saturated rings. The standard InChI is InChI=1S/C27H26N2O3/c30-26(28-16-8-9-20(17-28)19-32-21-10-2-1-3-11-21)18-29-24-14-6-4-12-22(24)27(31)23-13-5-7-15-25(23)29/h1-7,10-15,20H,8-9,16-19H2. The summed E-state index contributed by atoms with van der Waals surface area (Å²) >= 11 is 0. The summed E-state index contributed by atoms with van der Waals surface area (Å²) < 4.78 is 7.93. The summed E-state index contributed by atoms with van der Waals surface area (Å²) in [4.78, 5) is 28.2. The molecule has 1 aliphatic rings. The molecule has 32 heavy (non-hydrogen) atoms. The zero-order valence-electron chi connectivity index (χ0n) is 17.9. The zero-order chi connectivity index (χ0) is 21.9. The van der Waals surface area contributed by atoms with Crippen LogP contribution in [-0.4, -0.2) is 35.1 Å². The first-order chi connectivity index (χ1) is 15.7. The Kier molecular flexibility index (Phi) is 5.63. The topological polar surface area (TPSA) is 51.5 Å². The fourth-order valence-electron chi connectivity index (χ4n) is 4.64. The van der Waals surface area contributed by atoms with Crippen LogP contribution in [0.5, 0.6) is 5.75 Å². The van der Waals surface area contributed by atoms with Crippen molar-refractivity contribution in [2.24, 2.45) is 5.92 Å². The van der Waals surface area contributed by atoms with Gasteiger partial charge in [0.05, 0.1) is 17.6 Å². The van der Waals surface area contributed by atoms with Crippen LogP contribution < -0.4 is 10.2 Å². The molecular weight excluding hydrogens is 400 g/mol. The van der Waals surface area contributed by atoms with Gasteiger partial charge in [0.2, 0.25) is 5.91 Å². The number of nitrogens with zero attached hydrogens (tertiary/aromatic N) is 2. The van der Waals surface area contributed by atoms with Crippen molar-refractivity contribution >= 4 is 27.7 Å². The molecular formula is C27H26N2O3. The number of hydrogen-bond donors (Lipinski definition) is 0. The summed E-state index contributed by atoms with van der Waals surface area (Å²) in [6.07, 6.45) is 2.03. The first-order valence-corrected chi connectivity index (χ1v) is 11.2. The molecule has 1 saturated heterocycles. The van der Waals surface area contributed by atoms with Gasteiger partial charge < -0.3 is 14.2 Å². The van der Waals surface area contributed by atoms with E-state index in [1.807, 2.05) is 88.3 Å². The van der Waals surface area contributed by atoms with E-state index < -0.39 is 0 Å². The summed E-state index contributed by atoms with van der Waals surface area (Å²) in [5.74, 6) is 1.26. The van der Waals surface area contributed by atoms with Crippen molar-refractivity contribution in [1.82, 2.24) is 9.47 Å². The van der Waals surface area contributed by atoms with Gasteiger partial charge in [-0.3, -0.25) is 9.59 Å². The number of likely N-dealkylation sites (tertiary alicyclic amines) is 1. The molecule has 2 heterocycles. The lowest BCUT2D eigenvalue weighted by atomic mass is 9.99. The van der Waals surface area contributed by atoms with Crippen LogP contribution in [-0.2, 0) is 11.3 Å². The highest BCUT2D eigenvalue weighted by Crippen LogP contribution is 2.22. The van der Waals surface area contributed by atoms with Gasteiger partial charge in [0, 0.05) is 29.8 Å². The number of fused-ring (bicyclic) bond motifs is 2. The third-order valence-corrected chi connectivity index (χ3v) is 6.27. The Balaban J connectivity index is 1.37. The minimum absolute atomic E-state index is 0.0102. The SMILES string of the molecule is O=C(Cn1c2ccccc2c(=O)c2ccccc21)N1CCCC(COc2ccccc2)C1. The smallest absolute Gasteiger partial charge is 0.242 e. The maximum absolute atomic E-state index is 13.3. The molecule has 3 aromatic carbocycles. The Morgan fingerprint density at radius 1 is 0.875 bits per heavy atom. The number of pyridine rings is 1. The summed E-state index contributed by atoms with van der Waals surface area (Å²) in [7, 11) is 0. The molecule has 0 aliphatic carbocycles. The Morgan fingerprint density at radius 2 is 1.50 bits per heavy atom. The predicted octanol–water partition coefficient (Wildman–Crippen LogP) is 4.47. The van der Waals surface area contributed by atoms with Crippen molar-refractivity contribution in [2.75, 3.05) is 19.7 Å². The molecule has 4 aromatic rings. The fraction of sp³-hybridized carbons (Fsp3) is 0.259. The van der Waals surface area contributed by atoms with E-state index in [0.717, 1.165) is 36.2 Å². The van der Waals surface area contributed by atoms with E-state index in [2.05, 4.69) is 0 Å². The minimum atomic E-state index is 0.0102. The molecule has 5 rings (SSSR count). The van der Waals surface area contributed by atoms with E-state index in [1.165, 1.54) is 0 Å². The molecule has 1 unspecified atom stereocenters. The largest absolute Gasteiger partial charge is 0.493 e. The van der Waals surface area contributed by atoms with Gasteiger partial charge >= 0.3 is 0 Å². The van der Waals surface area contributed by atoms with Crippen molar-refractivity contribution in [2.45, 2.75) is 19.4 Å². The lowest BCUT2D eigenvalue weighted by Gasteiger charge is -2.33. The van der Waals surface area contributed by atoms with Crippen LogP contribution in [0.4, 0.5) is 0 Å². The number of benzene rings is 3. The van der Waals surface area contributed by atoms with Crippen molar-refractivity contribution < 1.29 is 9.53 Å². The van der Waals surface area contributed by atoms with Gasteiger partial charge in [-0.15, -0.1) is 0 Å². The molecule has 162 valence electrons. The highest BCUT2D eigenvalue weighted by molar-refractivity contribution is 5.94. The van der Waals surface area contributed by atoms with E-state index in [4.69, 9.17) is 4.74 Å². The number of aromatic nitrogens is 1. The van der Waals surface area contributed by atoms with Crippen molar-refractivity contribution in [3.63, 3.8) is 0 Å². The van der Waals surface area contributed by atoms with Gasteiger partial charge in [-0.1, -0.05) is 42.5 Å². The Bertz CT molecular complexity index is 1250. The first kappa shape index (κ1) is 20.3. The number of amides is 1. The lowest BCUT2D eigenvalue weighted by Crippen LogP contribution is -2.43. The number of hydrogen-bond acceptors (Lipinski definition) is 3. The molecule has 0 saturated carbocycles. The maximum atomic E-state index is 13.3. The average Bonchev–Trinajstić information content (AvgIpc) is 2.86. The van der Waals surface area contributed by atoms with Crippen LogP contribution in [0, 0.1) is 5.92 Å². The Labute approximate surface area is 186 Å². The predicted molar refractivity (Wildman–Crippen MR) is 127 cm³/mol. The van der Waals surface area contributed by atoms with Crippen molar-refractivity contribution in [3.05, 3.63) is 89.1 Å². The third-order valence-electron chi connectivity index (χ3n) is 6.27. The van der Waals surface area contributed by atoms with Crippen LogP contribution in [0.15, 0.2) is 83.7 Å². The second-order valence-electron chi connectivity index (χ2n) is 8.42. The number of carbonyl (C=O) groups excluding carboxylic acids is 1. The van der Waals surface area contributed by atoms with Crippen LogP contribution in [0.25, 0.3) is 21.8 Å². The van der Waals surface area contributed by atoms with E-state index in [0.29, 0.717) is 29.8 Å². The normalized spacial score (nSPS) is 16.4. The maximum Gasteiger partial charge on any atom is 0.242 e. The summed E-state index contributed by atoms with van der Waals surface area (Å²) in [5.41, 5.74) is 1.60. The molecule has 1 atom stereocenters. The summed E-state index contributed by atoms with van der Waals surface area (Å²) in [6.45, 7) is 2.28. The first-order valence-electron chi connectivity index (χ1n) is 11.2. The summed E-state index contributed by atoms with van der Waals surface area (Å²) in [5, 5.41) is 1.29. The Morgan fingerprint density at radius 3 is 2.19 bits per heavy atom. The quantitative estimate of drug-likeness (QED) is 0.443. The molecule has 1 amide bonds. The van der Waals surface area contributed by atoms with Crippen LogP contribution in [0.1, 0.15) is 12.8 Å². The fourth-order valence-corrected chi connectivity index (χ4v) is 4.64. The van der Waals surface area contributed by atoms with Crippen molar-refractivity contribution in [1.29, 1.82) is 0 Å². The van der Waals surface area contributed by atoms with Gasteiger partial charge in [0.15, 0.2) is 5.43 Å². The van der Waals surface area contributed by atoms with E-state index >= 15 is 0 Å². The monoisotopic (exact) mass is 426 g/mol. The van der Waals surface area contributed by atoms with E-state index in [1.54, 1.807) is 0 Å². The summed E-state index contributed by atoms with van der Waals surface area (Å²) in [6, 6.07) is 24.9. The van der Waals surface area contributed by atoms with Gasteiger partial charge in [-0.25, -0.2) is 0 Å². The number of ether oxygens (including phenoxy) is 1. The molecule has 0 N–H and O–H groups in total. The number of para-hydroxylation sites is 3. The highest BCUT2D eigenvalue weighted by atomic mass is 16.5. The van der Waals surface area contributed by atoms with Gasteiger partial charge in [0.1, 0.15) is 12.3 Å². The Hall–Kier alpha value is -3.60. The van der Waals surface area contributed by atoms with Crippen LogP contribution in [0.3, 0.4) is 0 Å². The second kappa shape index (κ2) is 8.87. The number of rotatable bonds is 5. The van der Waals surface area contributed by atoms with Gasteiger partial charge in [-0.05, 0) is 49.2 Å². The van der Waals surface area contributed by atoms with Crippen molar-refractivity contribution in [3.8, 4) is 5.75 Å². The lowest BCUT2D eigenvalue weighted by molar-refractivity contribution is -0.133. The highest BCUT2D eigenvalue weighted by Gasteiger charge is 2.25. The molecule has 0 radical (unpaired) electrons. The van der Waals surface area contributed by atoms with E-state index in [9.17, 15) is 9.59 Å². The average molecular weight is 427 g/mol. The number of piperidine rings is 1. The van der Waals surface area contributed by atoms with Gasteiger partial charge in [0.25, 0.3) is 0 Å². The van der Waals surface area contributed by atoms with Crippen LogP contribution >= 0.6 is 0 Å². The third kappa shape index (κ3) is 3.98. The zero-order valence-corrected chi connectivity index (χ0v) is 17.9. The molecule has 5 heteroatoms. The molecule has 1 aromatic heterocycles. The minimum Gasteiger partial charge on any atom is -0.493 e. The van der Waals surface area contributed by atoms with Crippen LogP contribution in [0.2, 0.25) is 0 Å². The molecule has 0 bridgehead atoms. The molecule has 0 spiro atoms. The van der Waals surface area contributed by atoms with Gasteiger partial charge in [-0.2, -0.15) is 0 Å². The molecule has 5 nitrogen and oxygen atoms in total.